The number of rotatable bonds is 9. The van der Waals surface area contributed by atoms with Crippen molar-refractivity contribution < 1.29 is 15.0 Å². The summed E-state index contributed by atoms with van der Waals surface area (Å²) in [5, 5.41) is 16.4. The van der Waals surface area contributed by atoms with Crippen molar-refractivity contribution in [3.63, 3.8) is 0 Å². The first-order valence-electron chi connectivity index (χ1n) is 10.8. The highest BCUT2D eigenvalue weighted by molar-refractivity contribution is 5.66. The molecule has 3 nitrogen and oxygen atoms in total. The number of carbonyl (C=O) groups is 1. The fraction of sp³-hybridized carbons (Fsp3) is 0.957. The Kier molecular flexibility index (Phi) is 33.9. The van der Waals surface area contributed by atoms with E-state index in [0.717, 1.165) is 30.6 Å². The Balaban J connectivity index is -0.000000124. The Morgan fingerprint density at radius 1 is 0.692 bits per heavy atom. The Labute approximate surface area is 166 Å². The molecule has 0 spiro atoms. The number of carboxylic acid groups (broad SMARTS) is 1. The first-order chi connectivity index (χ1) is 11.9. The topological polar surface area (TPSA) is 57.5 Å². The summed E-state index contributed by atoms with van der Waals surface area (Å²) in [5.74, 6) is 2.10. The van der Waals surface area contributed by atoms with Crippen LogP contribution in [0.15, 0.2) is 0 Å². The fourth-order valence-corrected chi connectivity index (χ4v) is 2.00. The Bertz CT molecular complexity index is 236. The van der Waals surface area contributed by atoms with E-state index in [0.29, 0.717) is 6.61 Å². The average molecular weight is 377 g/mol. The molecule has 162 valence electrons. The summed E-state index contributed by atoms with van der Waals surface area (Å²) in [6.45, 7) is 21.9. The number of aliphatic hydroxyl groups excluding tert-OH is 1. The van der Waals surface area contributed by atoms with Crippen molar-refractivity contribution in [3.05, 3.63) is 0 Å². The van der Waals surface area contributed by atoms with Crippen molar-refractivity contribution in [2.75, 3.05) is 6.61 Å². The van der Waals surface area contributed by atoms with Crippen molar-refractivity contribution in [1.82, 2.24) is 0 Å². The predicted molar refractivity (Wildman–Crippen MR) is 118 cm³/mol. The van der Waals surface area contributed by atoms with Gasteiger partial charge in [-0.2, -0.15) is 0 Å². The lowest BCUT2D eigenvalue weighted by Gasteiger charge is -1.98. The highest BCUT2D eigenvalue weighted by Crippen LogP contribution is 2.01. The summed E-state index contributed by atoms with van der Waals surface area (Å²) < 4.78 is 0. The largest absolute Gasteiger partial charge is 0.481 e. The van der Waals surface area contributed by atoms with E-state index in [2.05, 4.69) is 55.4 Å². The van der Waals surface area contributed by atoms with Gasteiger partial charge in [0.1, 0.15) is 0 Å². The molecular weight excluding hydrogens is 324 g/mol. The van der Waals surface area contributed by atoms with Gasteiger partial charge in [0.2, 0.25) is 0 Å². The molecule has 0 aromatic heterocycles. The van der Waals surface area contributed by atoms with Crippen LogP contribution in [0.2, 0.25) is 0 Å². The smallest absolute Gasteiger partial charge is 0.303 e. The first-order valence-corrected chi connectivity index (χ1v) is 10.8. The van der Waals surface area contributed by atoms with Gasteiger partial charge < -0.3 is 10.2 Å². The van der Waals surface area contributed by atoms with E-state index < -0.39 is 5.97 Å². The van der Waals surface area contributed by atoms with Crippen LogP contribution >= 0.6 is 0 Å². The second-order valence-corrected chi connectivity index (χ2v) is 8.62. The molecule has 0 rings (SSSR count). The Morgan fingerprint density at radius 2 is 1.04 bits per heavy atom. The summed E-state index contributed by atoms with van der Waals surface area (Å²) in [7, 11) is 0. The molecule has 0 aromatic rings. The highest BCUT2D eigenvalue weighted by atomic mass is 16.4. The van der Waals surface area contributed by atoms with Gasteiger partial charge in [0.05, 0.1) is 0 Å². The van der Waals surface area contributed by atoms with Gasteiger partial charge >= 0.3 is 5.97 Å². The molecule has 0 aliphatic heterocycles. The number of hydrogen-bond donors (Lipinski definition) is 2. The Hall–Kier alpha value is -0.570. The highest BCUT2D eigenvalue weighted by Gasteiger charge is 1.98. The SMILES string of the molecule is CC(C)CC(=O)O.CC(C)CCCO.CCCC(C)C.CCCC(C)C. The van der Waals surface area contributed by atoms with Crippen molar-refractivity contribution >= 4 is 5.97 Å². The minimum atomic E-state index is -0.713. The van der Waals surface area contributed by atoms with Gasteiger partial charge in [-0.15, -0.1) is 0 Å². The zero-order valence-corrected chi connectivity index (χ0v) is 19.8. The molecule has 0 atom stereocenters. The van der Waals surface area contributed by atoms with Crippen LogP contribution in [0, 0.1) is 23.7 Å². The molecule has 0 saturated carbocycles. The zero-order valence-electron chi connectivity index (χ0n) is 19.8. The molecule has 0 amide bonds. The number of aliphatic hydroxyl groups is 1. The Morgan fingerprint density at radius 3 is 1.08 bits per heavy atom. The van der Waals surface area contributed by atoms with E-state index in [9.17, 15) is 4.79 Å². The molecular formula is C23H52O3. The normalized spacial score (nSPS) is 9.96. The molecule has 0 bridgehead atoms. The maximum atomic E-state index is 9.81. The zero-order chi connectivity index (χ0) is 21.5. The standard InChI is InChI=1S/C6H14O.2C6H14.C5H10O2/c1-6(2)4-3-5-7;2*1-4-5-6(2)3;1-4(2)3-5(6)7/h6-7H,3-5H2,1-2H3;2*6H,4-5H2,1-3H3;4H,3H2,1-2H3,(H,6,7). The second-order valence-electron chi connectivity index (χ2n) is 8.62. The number of aliphatic carboxylic acids is 1. The lowest BCUT2D eigenvalue weighted by atomic mass is 10.1. The fourth-order valence-electron chi connectivity index (χ4n) is 2.00. The number of carboxylic acids is 1. The van der Waals surface area contributed by atoms with Crippen molar-refractivity contribution in [3.8, 4) is 0 Å². The summed E-state index contributed by atoms with van der Waals surface area (Å²) in [6, 6.07) is 0. The van der Waals surface area contributed by atoms with Crippen molar-refractivity contribution in [1.29, 1.82) is 0 Å². The summed E-state index contributed by atoms with van der Waals surface area (Å²) >= 11 is 0. The van der Waals surface area contributed by atoms with E-state index >= 15 is 0 Å². The van der Waals surface area contributed by atoms with Crippen LogP contribution in [0.25, 0.3) is 0 Å². The number of hydrogen-bond acceptors (Lipinski definition) is 2. The van der Waals surface area contributed by atoms with Gasteiger partial charge in [0.25, 0.3) is 0 Å². The first kappa shape index (κ1) is 33.0. The summed E-state index contributed by atoms with van der Waals surface area (Å²) in [5.41, 5.74) is 0. The van der Waals surface area contributed by atoms with Gasteiger partial charge in [-0.25, -0.2) is 0 Å². The van der Waals surface area contributed by atoms with Crippen molar-refractivity contribution in [2.45, 2.75) is 114 Å². The van der Waals surface area contributed by atoms with Crippen LogP contribution in [-0.4, -0.2) is 22.8 Å². The summed E-state index contributed by atoms with van der Waals surface area (Å²) in [4.78, 5) is 9.81. The molecule has 0 radical (unpaired) electrons. The minimum absolute atomic E-state index is 0.275. The van der Waals surface area contributed by atoms with Gasteiger partial charge in [0, 0.05) is 13.0 Å². The lowest BCUT2D eigenvalue weighted by Crippen LogP contribution is -1.99. The third kappa shape index (κ3) is 65.4. The molecule has 0 fully saturated rings. The van der Waals surface area contributed by atoms with E-state index in [1.807, 2.05) is 13.8 Å². The molecule has 0 unspecified atom stereocenters. The third-order valence-electron chi connectivity index (χ3n) is 3.25. The average Bonchev–Trinajstić information content (AvgIpc) is 2.45. The van der Waals surface area contributed by atoms with Crippen LogP contribution in [0.1, 0.15) is 114 Å². The van der Waals surface area contributed by atoms with Crippen LogP contribution in [-0.2, 0) is 4.79 Å². The van der Waals surface area contributed by atoms with E-state index in [-0.39, 0.29) is 12.3 Å². The molecule has 2 N–H and O–H groups in total. The van der Waals surface area contributed by atoms with E-state index in [1.54, 1.807) is 0 Å². The molecule has 0 heterocycles. The molecule has 0 aliphatic rings. The van der Waals surface area contributed by atoms with Crippen LogP contribution in [0.4, 0.5) is 0 Å². The second kappa shape index (κ2) is 26.7. The van der Waals surface area contributed by atoms with Crippen LogP contribution in [0.5, 0.6) is 0 Å². The molecule has 26 heavy (non-hydrogen) atoms. The maximum Gasteiger partial charge on any atom is 0.303 e. The van der Waals surface area contributed by atoms with E-state index in [4.69, 9.17) is 10.2 Å². The van der Waals surface area contributed by atoms with Crippen LogP contribution < -0.4 is 0 Å². The molecule has 0 aromatic carbocycles. The molecule has 0 aliphatic carbocycles. The van der Waals surface area contributed by atoms with Gasteiger partial charge in [-0.1, -0.05) is 94.9 Å². The predicted octanol–water partition coefficient (Wildman–Crippen LogP) is 7.42. The van der Waals surface area contributed by atoms with E-state index in [1.165, 1.54) is 25.7 Å². The van der Waals surface area contributed by atoms with Gasteiger partial charge in [-0.05, 0) is 36.5 Å². The monoisotopic (exact) mass is 376 g/mol. The molecule has 0 saturated heterocycles. The molecule has 3 heteroatoms. The quantitative estimate of drug-likeness (QED) is 0.440. The van der Waals surface area contributed by atoms with Gasteiger partial charge in [-0.3, -0.25) is 4.79 Å². The maximum absolute atomic E-state index is 9.81. The van der Waals surface area contributed by atoms with Crippen LogP contribution in [0.3, 0.4) is 0 Å². The lowest BCUT2D eigenvalue weighted by molar-refractivity contribution is -0.137. The van der Waals surface area contributed by atoms with Gasteiger partial charge in [0.15, 0.2) is 0 Å². The summed E-state index contributed by atoms with van der Waals surface area (Å²) in [6.07, 6.45) is 7.80. The van der Waals surface area contributed by atoms with Crippen molar-refractivity contribution in [2.24, 2.45) is 23.7 Å². The minimum Gasteiger partial charge on any atom is -0.481 e. The third-order valence-corrected chi connectivity index (χ3v) is 3.25.